The van der Waals surface area contributed by atoms with E-state index in [0.29, 0.717) is 5.76 Å². The van der Waals surface area contributed by atoms with Gasteiger partial charge in [0.25, 0.3) is 5.56 Å². The van der Waals surface area contributed by atoms with Gasteiger partial charge in [-0.15, -0.1) is 0 Å². The Kier molecular flexibility index (Phi) is 6.84. The van der Waals surface area contributed by atoms with E-state index >= 15 is 0 Å². The fourth-order valence-corrected chi connectivity index (χ4v) is 3.73. The van der Waals surface area contributed by atoms with Crippen molar-refractivity contribution in [3.05, 3.63) is 69.9 Å². The lowest BCUT2D eigenvalue weighted by Crippen LogP contribution is -2.22. The average Bonchev–Trinajstić information content (AvgIpc) is 3.32. The van der Waals surface area contributed by atoms with Gasteiger partial charge in [-0.2, -0.15) is 0 Å². The summed E-state index contributed by atoms with van der Waals surface area (Å²) in [5.41, 5.74) is 0.0959. The van der Waals surface area contributed by atoms with E-state index in [1.165, 1.54) is 18.4 Å². The van der Waals surface area contributed by atoms with Gasteiger partial charge in [-0.05, 0) is 25.1 Å². The average molecular weight is 474 g/mol. The molecule has 1 unspecified atom stereocenters. The molecule has 4 N–H and O–H groups in total. The van der Waals surface area contributed by atoms with Crippen LogP contribution in [0.1, 0.15) is 18.2 Å². The second-order valence-electron chi connectivity index (χ2n) is 7.13. The van der Waals surface area contributed by atoms with Crippen LogP contribution in [0.25, 0.3) is 11.2 Å². The van der Waals surface area contributed by atoms with Crippen LogP contribution in [0.5, 0.6) is 0 Å². The fraction of sp³-hybridized carbons (Fsp3) is 0.238. The number of aliphatic hydroxyl groups excluding tert-OH is 1. The lowest BCUT2D eigenvalue weighted by Gasteiger charge is -2.14. The smallest absolute Gasteiger partial charge is 0.292 e. The summed E-state index contributed by atoms with van der Waals surface area (Å²) in [6.45, 7) is 1.82. The summed E-state index contributed by atoms with van der Waals surface area (Å²) in [7, 11) is 0. The Hall–Kier alpha value is -3.51. The summed E-state index contributed by atoms with van der Waals surface area (Å²) in [6.07, 6.45) is 1.52. The van der Waals surface area contributed by atoms with Crippen LogP contribution < -0.4 is 16.2 Å². The van der Waals surface area contributed by atoms with Gasteiger partial charge >= 0.3 is 0 Å². The predicted octanol–water partition coefficient (Wildman–Crippen LogP) is 3.28. The largest absolute Gasteiger partial charge is 0.467 e. The molecule has 3 aromatic heterocycles. The zero-order chi connectivity index (χ0) is 23.4. The summed E-state index contributed by atoms with van der Waals surface area (Å²) < 4.78 is 32.7. The number of aliphatic hydroxyl groups is 1. The standard InChI is InChI=1S/C21H20F2N6O3S/c1-11(9-30)25-17-16-18(27-20(31)19(26-16)24-8-13-5-3-7-32-13)29-21(28-17)33-10-12-4-2-6-14(22)15(12)23/h2-7,11,30H,8-10H2,1H3,(H,24,26)(H2,25,27,28,29,31). The van der Waals surface area contributed by atoms with E-state index in [4.69, 9.17) is 4.42 Å². The monoisotopic (exact) mass is 474 g/mol. The summed E-state index contributed by atoms with van der Waals surface area (Å²) in [5.74, 6) is -0.846. The molecule has 0 aliphatic carbocycles. The number of rotatable bonds is 9. The summed E-state index contributed by atoms with van der Waals surface area (Å²) >= 11 is 1.07. The molecule has 3 heterocycles. The lowest BCUT2D eigenvalue weighted by atomic mass is 10.2. The highest BCUT2D eigenvalue weighted by molar-refractivity contribution is 7.98. The van der Waals surface area contributed by atoms with Crippen LogP contribution >= 0.6 is 11.8 Å². The van der Waals surface area contributed by atoms with Crippen LogP contribution in [0.2, 0.25) is 0 Å². The number of benzene rings is 1. The number of hydrogen-bond acceptors (Lipinski definition) is 9. The zero-order valence-electron chi connectivity index (χ0n) is 17.4. The maximum atomic E-state index is 14.0. The first-order valence-corrected chi connectivity index (χ1v) is 10.9. The van der Waals surface area contributed by atoms with Crippen LogP contribution in [-0.2, 0) is 12.3 Å². The highest BCUT2D eigenvalue weighted by Gasteiger charge is 2.16. The second kappa shape index (κ2) is 9.96. The number of aromatic amines is 1. The summed E-state index contributed by atoms with van der Waals surface area (Å²) in [6, 6.07) is 7.06. The molecule has 33 heavy (non-hydrogen) atoms. The molecule has 172 valence electrons. The van der Waals surface area contributed by atoms with E-state index in [9.17, 15) is 18.7 Å². The van der Waals surface area contributed by atoms with Crippen molar-refractivity contribution in [2.45, 2.75) is 30.4 Å². The van der Waals surface area contributed by atoms with Gasteiger partial charge in [0, 0.05) is 17.4 Å². The van der Waals surface area contributed by atoms with Crippen molar-refractivity contribution in [2.24, 2.45) is 0 Å². The molecule has 0 spiro atoms. The minimum atomic E-state index is -0.935. The van der Waals surface area contributed by atoms with Crippen molar-refractivity contribution >= 4 is 34.6 Å². The number of nitrogens with one attached hydrogen (secondary N) is 3. The minimum absolute atomic E-state index is 0.0458. The van der Waals surface area contributed by atoms with Crippen LogP contribution in [0, 0.1) is 11.6 Å². The number of aromatic nitrogens is 4. The number of halogens is 2. The van der Waals surface area contributed by atoms with Crippen LogP contribution in [0.15, 0.2) is 51.0 Å². The third kappa shape index (κ3) is 5.29. The zero-order valence-corrected chi connectivity index (χ0v) is 18.2. The number of fused-ring (bicyclic) bond motifs is 1. The second-order valence-corrected chi connectivity index (χ2v) is 8.07. The number of nitrogens with zero attached hydrogens (tertiary/aromatic N) is 3. The Morgan fingerprint density at radius 1 is 1.18 bits per heavy atom. The minimum Gasteiger partial charge on any atom is -0.467 e. The van der Waals surface area contributed by atoms with Crippen LogP contribution in [-0.4, -0.2) is 37.7 Å². The number of H-pyrrole nitrogens is 1. The Balaban J connectivity index is 1.66. The first kappa shape index (κ1) is 22.7. The third-order valence-corrected chi connectivity index (χ3v) is 5.49. The van der Waals surface area contributed by atoms with Gasteiger partial charge in [-0.1, -0.05) is 23.9 Å². The van der Waals surface area contributed by atoms with Gasteiger partial charge in [0.05, 0.1) is 19.4 Å². The number of furan rings is 1. The fourth-order valence-electron chi connectivity index (χ4n) is 2.91. The normalized spacial score (nSPS) is 12.1. The molecule has 0 aliphatic rings. The lowest BCUT2D eigenvalue weighted by molar-refractivity contribution is 0.281. The molecular formula is C21H20F2N6O3S. The molecule has 4 aromatic rings. The van der Waals surface area contributed by atoms with Gasteiger partial charge in [0.15, 0.2) is 39.6 Å². The van der Waals surface area contributed by atoms with Crippen molar-refractivity contribution in [1.82, 2.24) is 19.9 Å². The topological polar surface area (TPSA) is 129 Å². The summed E-state index contributed by atoms with van der Waals surface area (Å²) in [4.78, 5) is 28.3. The Morgan fingerprint density at radius 2 is 2.03 bits per heavy atom. The number of thioether (sulfide) groups is 1. The van der Waals surface area contributed by atoms with E-state index in [0.717, 1.165) is 17.8 Å². The highest BCUT2D eigenvalue weighted by Crippen LogP contribution is 2.26. The quantitative estimate of drug-likeness (QED) is 0.213. The molecular weight excluding hydrogens is 454 g/mol. The predicted molar refractivity (Wildman–Crippen MR) is 120 cm³/mol. The molecule has 0 fully saturated rings. The Labute approximate surface area is 190 Å². The van der Waals surface area contributed by atoms with E-state index in [1.807, 2.05) is 0 Å². The molecule has 0 radical (unpaired) electrons. The first-order valence-electron chi connectivity index (χ1n) is 9.96. The maximum Gasteiger partial charge on any atom is 0.292 e. The molecule has 0 saturated carbocycles. The maximum absolute atomic E-state index is 14.0. The molecule has 9 nitrogen and oxygen atoms in total. The summed E-state index contributed by atoms with van der Waals surface area (Å²) in [5, 5.41) is 15.6. The van der Waals surface area contributed by atoms with Crippen molar-refractivity contribution in [1.29, 1.82) is 0 Å². The van der Waals surface area contributed by atoms with Crippen LogP contribution in [0.4, 0.5) is 20.4 Å². The van der Waals surface area contributed by atoms with E-state index < -0.39 is 17.2 Å². The SMILES string of the molecule is CC(CO)Nc1nc(SCc2cccc(F)c2F)nc2[nH]c(=O)c(NCc3ccco3)nc12. The first-order chi connectivity index (χ1) is 15.9. The molecule has 1 aromatic carbocycles. The van der Waals surface area contributed by atoms with Crippen molar-refractivity contribution in [3.8, 4) is 0 Å². The molecule has 4 rings (SSSR count). The van der Waals surface area contributed by atoms with Crippen LogP contribution in [0.3, 0.4) is 0 Å². The van der Waals surface area contributed by atoms with Gasteiger partial charge in [0.2, 0.25) is 0 Å². The van der Waals surface area contributed by atoms with Gasteiger partial charge in [0.1, 0.15) is 5.76 Å². The van der Waals surface area contributed by atoms with Gasteiger partial charge in [-0.3, -0.25) is 4.79 Å². The van der Waals surface area contributed by atoms with Gasteiger partial charge in [-0.25, -0.2) is 23.7 Å². The van der Waals surface area contributed by atoms with Crippen molar-refractivity contribution in [3.63, 3.8) is 0 Å². The third-order valence-electron chi connectivity index (χ3n) is 4.59. The van der Waals surface area contributed by atoms with Crippen molar-refractivity contribution in [2.75, 3.05) is 17.2 Å². The van der Waals surface area contributed by atoms with E-state index in [1.54, 1.807) is 19.1 Å². The molecule has 0 aliphatic heterocycles. The molecule has 12 heteroatoms. The highest BCUT2D eigenvalue weighted by atomic mass is 32.2. The van der Waals surface area contributed by atoms with Crippen molar-refractivity contribution < 1.29 is 18.3 Å². The van der Waals surface area contributed by atoms with E-state index in [-0.39, 0.29) is 58.5 Å². The Morgan fingerprint density at radius 3 is 2.79 bits per heavy atom. The number of hydrogen-bond donors (Lipinski definition) is 4. The number of anilines is 2. The Bertz CT molecular complexity index is 1320. The molecule has 0 bridgehead atoms. The van der Waals surface area contributed by atoms with E-state index in [2.05, 4.69) is 30.6 Å². The molecule has 0 amide bonds. The molecule has 0 saturated heterocycles. The molecule has 1 atom stereocenters. The van der Waals surface area contributed by atoms with Gasteiger partial charge < -0.3 is 25.1 Å².